The maximum absolute atomic E-state index is 12.4. The summed E-state index contributed by atoms with van der Waals surface area (Å²) in [4.78, 5) is 33.6. The van der Waals surface area contributed by atoms with E-state index in [4.69, 9.17) is 4.74 Å². The summed E-state index contributed by atoms with van der Waals surface area (Å²) in [5.74, 6) is 0.717. The van der Waals surface area contributed by atoms with Gasteiger partial charge >= 0.3 is 0 Å². The van der Waals surface area contributed by atoms with Crippen molar-refractivity contribution in [1.29, 1.82) is 0 Å². The number of hydrogen-bond donors (Lipinski definition) is 3. The van der Waals surface area contributed by atoms with Gasteiger partial charge in [0, 0.05) is 48.3 Å². The van der Waals surface area contributed by atoms with Gasteiger partial charge in [-0.25, -0.2) is 9.97 Å². The summed E-state index contributed by atoms with van der Waals surface area (Å²) in [5.41, 5.74) is 4.42. The molecule has 8 nitrogen and oxygen atoms in total. The Balaban J connectivity index is 1.38. The second-order valence-corrected chi connectivity index (χ2v) is 8.62. The van der Waals surface area contributed by atoms with E-state index in [1.807, 2.05) is 36.4 Å². The number of para-hydroxylation sites is 1. The molecular weight excluding hydrogens is 430 g/mol. The van der Waals surface area contributed by atoms with Crippen LogP contribution in [0, 0.1) is 5.92 Å². The average Bonchev–Trinajstić information content (AvgIpc) is 2.96. The number of nitrogens with one attached hydrogen (secondary N) is 3. The Hall–Kier alpha value is -3.78. The number of rotatable bonds is 9. The Labute approximate surface area is 199 Å². The molecule has 2 amide bonds. The Kier molecular flexibility index (Phi) is 7.49. The topological polar surface area (TPSA) is 105 Å². The number of hydrogen-bond acceptors (Lipinski definition) is 6. The molecule has 0 saturated heterocycles. The van der Waals surface area contributed by atoms with Crippen LogP contribution in [0.2, 0.25) is 0 Å². The summed E-state index contributed by atoms with van der Waals surface area (Å²) in [5, 5.41) is 9.01. The first-order valence-electron chi connectivity index (χ1n) is 11.5. The van der Waals surface area contributed by atoms with Gasteiger partial charge < -0.3 is 20.7 Å². The maximum atomic E-state index is 12.4. The lowest BCUT2D eigenvalue weighted by Crippen LogP contribution is -2.25. The van der Waals surface area contributed by atoms with Crippen LogP contribution in [0.15, 0.2) is 54.7 Å². The van der Waals surface area contributed by atoms with Crippen molar-refractivity contribution >= 4 is 29.1 Å². The summed E-state index contributed by atoms with van der Waals surface area (Å²) in [6.45, 7) is 6.16. The molecule has 2 heterocycles. The van der Waals surface area contributed by atoms with Crippen LogP contribution in [-0.2, 0) is 16.0 Å². The molecule has 4 rings (SSSR count). The first kappa shape index (κ1) is 23.4. The van der Waals surface area contributed by atoms with Gasteiger partial charge in [-0.3, -0.25) is 9.59 Å². The predicted molar refractivity (Wildman–Crippen MR) is 132 cm³/mol. The molecule has 0 atom stereocenters. The average molecular weight is 460 g/mol. The molecule has 0 aliphatic carbocycles. The number of carbonyl (C=O) groups excluding carboxylic acids is 2. The molecule has 1 aliphatic heterocycles. The standard InChI is InChI=1S/C26H29N5O3/c1-17(2)16-34-13-5-12-27-25(33)18-8-10-20(11-9-18)29-26-28-15-19-14-23(32)30-22-7-4-3-6-21(22)24(19)31-26/h3-4,6-11,15,17H,5,12-14,16H2,1-2H3,(H,27,33)(H,30,32)(H,28,29,31). The van der Waals surface area contributed by atoms with Crippen molar-refractivity contribution < 1.29 is 14.3 Å². The first-order valence-corrected chi connectivity index (χ1v) is 11.5. The molecule has 2 aromatic carbocycles. The molecule has 0 unspecified atom stereocenters. The molecular formula is C26H29N5O3. The van der Waals surface area contributed by atoms with Crippen molar-refractivity contribution in [2.75, 3.05) is 30.4 Å². The summed E-state index contributed by atoms with van der Waals surface area (Å²) < 4.78 is 5.53. The summed E-state index contributed by atoms with van der Waals surface area (Å²) >= 11 is 0. The van der Waals surface area contributed by atoms with E-state index in [-0.39, 0.29) is 18.2 Å². The molecule has 0 saturated carbocycles. The Morgan fingerprint density at radius 1 is 1.15 bits per heavy atom. The van der Waals surface area contributed by atoms with E-state index < -0.39 is 0 Å². The monoisotopic (exact) mass is 459 g/mol. The van der Waals surface area contributed by atoms with Crippen LogP contribution < -0.4 is 16.0 Å². The third-order valence-corrected chi connectivity index (χ3v) is 5.28. The third-order valence-electron chi connectivity index (χ3n) is 5.28. The van der Waals surface area contributed by atoms with Crippen LogP contribution in [0.3, 0.4) is 0 Å². The highest BCUT2D eigenvalue weighted by molar-refractivity contribution is 6.00. The number of nitrogens with zero attached hydrogens (tertiary/aromatic N) is 2. The number of benzene rings is 2. The van der Waals surface area contributed by atoms with Gasteiger partial charge in [-0.05, 0) is 42.7 Å². The van der Waals surface area contributed by atoms with E-state index in [1.165, 1.54) is 0 Å². The molecule has 8 heteroatoms. The maximum Gasteiger partial charge on any atom is 0.251 e. The number of carbonyl (C=O) groups is 2. The van der Waals surface area contributed by atoms with E-state index in [0.717, 1.165) is 41.2 Å². The molecule has 0 radical (unpaired) electrons. The van der Waals surface area contributed by atoms with Gasteiger partial charge in [0.2, 0.25) is 11.9 Å². The highest BCUT2D eigenvalue weighted by atomic mass is 16.5. The first-order chi connectivity index (χ1) is 16.5. The molecule has 1 aliphatic rings. The van der Waals surface area contributed by atoms with E-state index in [9.17, 15) is 9.59 Å². The van der Waals surface area contributed by atoms with Gasteiger partial charge in [0.1, 0.15) is 0 Å². The number of fused-ring (bicyclic) bond motifs is 3. The zero-order chi connectivity index (χ0) is 23.9. The Bertz CT molecular complexity index is 1160. The summed E-state index contributed by atoms with van der Waals surface area (Å²) in [6, 6.07) is 14.7. The fourth-order valence-corrected chi connectivity index (χ4v) is 3.63. The van der Waals surface area contributed by atoms with Crippen LogP contribution in [-0.4, -0.2) is 41.5 Å². The van der Waals surface area contributed by atoms with E-state index in [1.54, 1.807) is 18.3 Å². The van der Waals surface area contributed by atoms with Crippen LogP contribution >= 0.6 is 0 Å². The number of aromatic nitrogens is 2. The lowest BCUT2D eigenvalue weighted by molar-refractivity contribution is -0.115. The normalized spacial score (nSPS) is 12.4. The quantitative estimate of drug-likeness (QED) is 0.415. The zero-order valence-corrected chi connectivity index (χ0v) is 19.4. The molecule has 0 bridgehead atoms. The van der Waals surface area contributed by atoms with Crippen molar-refractivity contribution in [1.82, 2.24) is 15.3 Å². The van der Waals surface area contributed by atoms with Gasteiger partial charge in [0.25, 0.3) is 5.91 Å². The van der Waals surface area contributed by atoms with E-state index >= 15 is 0 Å². The van der Waals surface area contributed by atoms with Gasteiger partial charge in [-0.2, -0.15) is 0 Å². The summed E-state index contributed by atoms with van der Waals surface area (Å²) in [6.07, 6.45) is 2.68. The van der Waals surface area contributed by atoms with Crippen LogP contribution in [0.4, 0.5) is 17.3 Å². The number of ether oxygens (including phenoxy) is 1. The minimum Gasteiger partial charge on any atom is -0.381 e. The van der Waals surface area contributed by atoms with Gasteiger partial charge in [-0.15, -0.1) is 0 Å². The molecule has 0 spiro atoms. The minimum absolute atomic E-state index is 0.0903. The number of anilines is 3. The van der Waals surface area contributed by atoms with Crippen molar-refractivity contribution in [3.63, 3.8) is 0 Å². The van der Waals surface area contributed by atoms with Crippen molar-refractivity contribution in [2.24, 2.45) is 5.92 Å². The second kappa shape index (κ2) is 10.9. The molecule has 34 heavy (non-hydrogen) atoms. The molecule has 176 valence electrons. The summed E-state index contributed by atoms with van der Waals surface area (Å²) in [7, 11) is 0. The SMILES string of the molecule is CC(C)COCCCNC(=O)c1ccc(Nc2ncc3c(n2)-c2ccccc2NC(=O)C3)cc1. The predicted octanol–water partition coefficient (Wildman–Crippen LogP) is 4.17. The van der Waals surface area contributed by atoms with Gasteiger partial charge in [0.05, 0.1) is 17.8 Å². The van der Waals surface area contributed by atoms with Gasteiger partial charge in [0.15, 0.2) is 0 Å². The van der Waals surface area contributed by atoms with Crippen molar-refractivity contribution in [3.8, 4) is 11.3 Å². The third kappa shape index (κ3) is 5.96. The zero-order valence-electron chi connectivity index (χ0n) is 19.4. The highest BCUT2D eigenvalue weighted by Gasteiger charge is 2.20. The second-order valence-electron chi connectivity index (χ2n) is 8.62. The van der Waals surface area contributed by atoms with Crippen molar-refractivity contribution in [2.45, 2.75) is 26.7 Å². The largest absolute Gasteiger partial charge is 0.381 e. The lowest BCUT2D eigenvalue weighted by atomic mass is 10.1. The number of amides is 2. The van der Waals surface area contributed by atoms with E-state index in [0.29, 0.717) is 30.6 Å². The molecule has 3 N–H and O–H groups in total. The fraction of sp³-hybridized carbons (Fsp3) is 0.308. The van der Waals surface area contributed by atoms with E-state index in [2.05, 4.69) is 39.8 Å². The Morgan fingerprint density at radius 2 is 1.94 bits per heavy atom. The van der Waals surface area contributed by atoms with Crippen LogP contribution in [0.25, 0.3) is 11.3 Å². The molecule has 3 aromatic rings. The Morgan fingerprint density at radius 3 is 2.74 bits per heavy atom. The molecule has 0 fully saturated rings. The van der Waals surface area contributed by atoms with Gasteiger partial charge in [-0.1, -0.05) is 32.0 Å². The van der Waals surface area contributed by atoms with Crippen LogP contribution in [0.5, 0.6) is 0 Å². The van der Waals surface area contributed by atoms with Crippen LogP contribution in [0.1, 0.15) is 36.2 Å². The smallest absolute Gasteiger partial charge is 0.251 e. The lowest BCUT2D eigenvalue weighted by Gasteiger charge is -2.11. The highest BCUT2D eigenvalue weighted by Crippen LogP contribution is 2.32. The molecule has 1 aromatic heterocycles. The minimum atomic E-state index is -0.120. The van der Waals surface area contributed by atoms with Crippen molar-refractivity contribution in [3.05, 3.63) is 65.9 Å². The fourth-order valence-electron chi connectivity index (χ4n) is 3.63.